The molecular weight excluding hydrogens is 524 g/mol. The molecule has 2 aromatic heterocycles. The van der Waals surface area contributed by atoms with Gasteiger partial charge in [0, 0.05) is 56.2 Å². The number of aromatic nitrogens is 3. The average Bonchev–Trinajstić information content (AvgIpc) is 3.45. The molecule has 1 saturated heterocycles. The van der Waals surface area contributed by atoms with E-state index in [-0.39, 0.29) is 11.7 Å². The van der Waals surface area contributed by atoms with Crippen molar-refractivity contribution in [2.45, 2.75) is 6.42 Å². The second-order valence-electron chi connectivity index (χ2n) is 9.87. The molecular formula is C30H34N6O5. The molecule has 4 aromatic rings. The summed E-state index contributed by atoms with van der Waals surface area (Å²) in [6, 6.07) is 15.6. The number of nitrogens with zero attached hydrogens (tertiary/aromatic N) is 5. The van der Waals surface area contributed by atoms with E-state index in [4.69, 9.17) is 14.2 Å². The zero-order chi connectivity index (χ0) is 28.8. The molecule has 0 saturated carbocycles. The number of hydrogen-bond acceptors (Lipinski definition) is 9. The first-order valence-electron chi connectivity index (χ1n) is 13.5. The molecule has 1 amide bonds. The van der Waals surface area contributed by atoms with Gasteiger partial charge >= 0.3 is 5.97 Å². The van der Waals surface area contributed by atoms with Gasteiger partial charge in [0.05, 0.1) is 32.1 Å². The third-order valence-corrected chi connectivity index (χ3v) is 7.10. The number of amides is 1. The van der Waals surface area contributed by atoms with Crippen molar-refractivity contribution in [1.29, 1.82) is 0 Å². The molecule has 0 atom stereocenters. The van der Waals surface area contributed by atoms with Crippen molar-refractivity contribution in [2.24, 2.45) is 0 Å². The lowest BCUT2D eigenvalue weighted by atomic mass is 10.1. The molecule has 1 fully saturated rings. The molecule has 0 radical (unpaired) electrons. The summed E-state index contributed by atoms with van der Waals surface area (Å²) in [5.74, 6) is 0.420. The summed E-state index contributed by atoms with van der Waals surface area (Å²) in [6.45, 7) is 5.51. The monoisotopic (exact) mass is 558 g/mol. The predicted molar refractivity (Wildman–Crippen MR) is 155 cm³/mol. The van der Waals surface area contributed by atoms with Crippen LogP contribution in [-0.2, 0) is 4.74 Å². The molecule has 1 N–H and O–H groups in total. The molecule has 3 heterocycles. The second kappa shape index (κ2) is 12.8. The number of fused-ring (bicyclic) bond motifs is 1. The number of nitrogens with one attached hydrogen (secondary N) is 1. The summed E-state index contributed by atoms with van der Waals surface area (Å²) < 4.78 is 17.8. The van der Waals surface area contributed by atoms with Gasteiger partial charge in [-0.15, -0.1) is 0 Å². The zero-order valence-electron chi connectivity index (χ0n) is 23.5. The van der Waals surface area contributed by atoms with E-state index in [0.29, 0.717) is 35.0 Å². The molecule has 2 aromatic carbocycles. The highest BCUT2D eigenvalue weighted by atomic mass is 16.5. The lowest BCUT2D eigenvalue weighted by Gasteiger charge is -2.32. The Kier molecular flexibility index (Phi) is 8.76. The Morgan fingerprint density at radius 2 is 1.68 bits per heavy atom. The van der Waals surface area contributed by atoms with Crippen LogP contribution >= 0.6 is 0 Å². The first-order chi connectivity index (χ1) is 19.9. The molecule has 11 heteroatoms. The number of methoxy groups -OCH3 is 2. The standard InChI is InChI=1S/C30H34N6O5/c1-34-14-16-35(17-15-34)13-4-18-41-30(38)21-5-8-23(9-6-21)32-29(37)24-20-28-31-12-11-25(36(28)33-24)22-7-10-26(39-2)27(19-22)40-3/h5-12,19-20H,4,13-18H2,1-3H3,(H,32,37). The fourth-order valence-electron chi connectivity index (χ4n) is 4.71. The van der Waals surface area contributed by atoms with Crippen LogP contribution < -0.4 is 14.8 Å². The summed E-state index contributed by atoms with van der Waals surface area (Å²) in [4.78, 5) is 34.5. The second-order valence-corrected chi connectivity index (χ2v) is 9.87. The van der Waals surface area contributed by atoms with E-state index in [0.717, 1.165) is 50.4 Å². The van der Waals surface area contributed by atoms with Gasteiger partial charge in [0.1, 0.15) is 0 Å². The zero-order valence-corrected chi connectivity index (χ0v) is 23.5. The quantitative estimate of drug-likeness (QED) is 0.231. The van der Waals surface area contributed by atoms with Gasteiger partial charge < -0.3 is 29.3 Å². The molecule has 1 aliphatic rings. The molecule has 0 bridgehead atoms. The van der Waals surface area contributed by atoms with Gasteiger partial charge in [0.25, 0.3) is 5.91 Å². The van der Waals surface area contributed by atoms with Gasteiger partial charge in [-0.2, -0.15) is 5.10 Å². The average molecular weight is 559 g/mol. The lowest BCUT2D eigenvalue weighted by molar-refractivity contribution is 0.0479. The van der Waals surface area contributed by atoms with Gasteiger partial charge in [-0.1, -0.05) is 0 Å². The topological polar surface area (TPSA) is 111 Å². The number of ether oxygens (including phenoxy) is 3. The Balaban J connectivity index is 1.19. The Labute approximate surface area is 238 Å². The highest BCUT2D eigenvalue weighted by Gasteiger charge is 2.17. The smallest absolute Gasteiger partial charge is 0.338 e. The van der Waals surface area contributed by atoms with Crippen LogP contribution in [0, 0.1) is 0 Å². The summed E-state index contributed by atoms with van der Waals surface area (Å²) in [5, 5.41) is 7.33. The van der Waals surface area contributed by atoms with Gasteiger partial charge in [0.2, 0.25) is 0 Å². The molecule has 1 aliphatic heterocycles. The Bertz CT molecular complexity index is 1510. The van der Waals surface area contributed by atoms with E-state index in [1.807, 2.05) is 24.3 Å². The highest BCUT2D eigenvalue weighted by molar-refractivity contribution is 6.03. The van der Waals surface area contributed by atoms with Crippen LogP contribution in [0.3, 0.4) is 0 Å². The number of hydrogen-bond donors (Lipinski definition) is 1. The van der Waals surface area contributed by atoms with Crippen molar-refractivity contribution in [1.82, 2.24) is 24.4 Å². The van der Waals surface area contributed by atoms with Crippen molar-refractivity contribution in [2.75, 3.05) is 65.9 Å². The van der Waals surface area contributed by atoms with Crippen molar-refractivity contribution in [3.05, 3.63) is 72.1 Å². The van der Waals surface area contributed by atoms with Crippen molar-refractivity contribution in [3.63, 3.8) is 0 Å². The van der Waals surface area contributed by atoms with Crippen LogP contribution in [0.5, 0.6) is 11.5 Å². The first kappa shape index (κ1) is 28.1. The van der Waals surface area contributed by atoms with E-state index >= 15 is 0 Å². The van der Waals surface area contributed by atoms with Crippen LogP contribution in [-0.4, -0.2) is 96.9 Å². The molecule has 0 spiro atoms. The minimum Gasteiger partial charge on any atom is -0.493 e. The number of benzene rings is 2. The minimum atomic E-state index is -0.395. The third-order valence-electron chi connectivity index (χ3n) is 7.10. The first-order valence-corrected chi connectivity index (χ1v) is 13.5. The summed E-state index contributed by atoms with van der Waals surface area (Å²) in [6.07, 6.45) is 2.46. The van der Waals surface area contributed by atoms with Gasteiger partial charge in [-0.3, -0.25) is 4.79 Å². The molecule has 0 aliphatic carbocycles. The van der Waals surface area contributed by atoms with E-state index in [1.165, 1.54) is 0 Å². The van der Waals surface area contributed by atoms with Crippen molar-refractivity contribution >= 4 is 23.2 Å². The lowest BCUT2D eigenvalue weighted by Crippen LogP contribution is -2.44. The number of piperazine rings is 1. The van der Waals surface area contributed by atoms with Crippen molar-refractivity contribution in [3.8, 4) is 22.8 Å². The van der Waals surface area contributed by atoms with E-state index in [1.54, 1.807) is 55.3 Å². The van der Waals surface area contributed by atoms with Gasteiger partial charge in [-0.05, 0) is 62.0 Å². The molecule has 214 valence electrons. The van der Waals surface area contributed by atoms with Crippen LogP contribution in [0.1, 0.15) is 27.3 Å². The fraction of sp³-hybridized carbons (Fsp3) is 0.333. The van der Waals surface area contributed by atoms with E-state index in [9.17, 15) is 9.59 Å². The SMILES string of the molecule is COc1ccc(-c2ccnc3cc(C(=O)Nc4ccc(C(=O)OCCCN5CCN(C)CC5)cc4)nn23)cc1OC. The number of esters is 1. The van der Waals surface area contributed by atoms with Crippen LogP contribution in [0.2, 0.25) is 0 Å². The highest BCUT2D eigenvalue weighted by Crippen LogP contribution is 2.32. The fourth-order valence-corrected chi connectivity index (χ4v) is 4.71. The van der Waals surface area contributed by atoms with Crippen LogP contribution in [0.4, 0.5) is 5.69 Å². The molecule has 0 unspecified atom stereocenters. The summed E-state index contributed by atoms with van der Waals surface area (Å²) >= 11 is 0. The summed E-state index contributed by atoms with van der Waals surface area (Å²) in [7, 11) is 5.29. The minimum absolute atomic E-state index is 0.203. The van der Waals surface area contributed by atoms with Crippen LogP contribution in [0.25, 0.3) is 16.9 Å². The maximum atomic E-state index is 13.0. The summed E-state index contributed by atoms with van der Waals surface area (Å²) in [5.41, 5.74) is 3.25. The number of likely N-dealkylation sites (N-methyl/N-ethyl adjacent to an activating group) is 1. The van der Waals surface area contributed by atoms with Crippen LogP contribution in [0.15, 0.2) is 60.8 Å². The van der Waals surface area contributed by atoms with Gasteiger partial charge in [0.15, 0.2) is 22.8 Å². The predicted octanol–water partition coefficient (Wildman–Crippen LogP) is 3.46. The van der Waals surface area contributed by atoms with Gasteiger partial charge in [-0.25, -0.2) is 14.3 Å². The van der Waals surface area contributed by atoms with E-state index in [2.05, 4.69) is 32.2 Å². The maximum Gasteiger partial charge on any atom is 0.338 e. The number of rotatable bonds is 10. The number of carbonyl (C=O) groups is 2. The molecule has 11 nitrogen and oxygen atoms in total. The molecule has 5 rings (SSSR count). The number of carbonyl (C=O) groups excluding carboxylic acids is 2. The largest absolute Gasteiger partial charge is 0.493 e. The Morgan fingerprint density at radius 1 is 0.927 bits per heavy atom. The van der Waals surface area contributed by atoms with Crippen molar-refractivity contribution < 1.29 is 23.8 Å². The third kappa shape index (κ3) is 6.64. The molecule has 41 heavy (non-hydrogen) atoms. The Morgan fingerprint density at radius 3 is 2.41 bits per heavy atom. The number of anilines is 1. The normalized spacial score (nSPS) is 14.1. The van der Waals surface area contributed by atoms with E-state index < -0.39 is 5.91 Å². The maximum absolute atomic E-state index is 13.0. The Hall–Kier alpha value is -4.48.